The third-order valence-electron chi connectivity index (χ3n) is 4.64. The molecule has 0 spiro atoms. The van der Waals surface area contributed by atoms with E-state index in [0.717, 1.165) is 70.5 Å². The van der Waals surface area contributed by atoms with Crippen molar-refractivity contribution < 1.29 is 13.9 Å². The van der Waals surface area contributed by atoms with E-state index in [9.17, 15) is 0 Å². The molecule has 0 radical (unpaired) electrons. The van der Waals surface area contributed by atoms with Crippen molar-refractivity contribution in [3.8, 4) is 0 Å². The van der Waals surface area contributed by atoms with Crippen LogP contribution in [0.15, 0.2) is 58.1 Å². The topological polar surface area (TPSA) is 68.0 Å². The lowest BCUT2D eigenvalue weighted by molar-refractivity contribution is 0.0888. The van der Waals surface area contributed by atoms with E-state index >= 15 is 0 Å². The third-order valence-corrected chi connectivity index (χ3v) is 4.64. The summed E-state index contributed by atoms with van der Waals surface area (Å²) in [6.07, 6.45) is 4.59. The predicted octanol–water partition coefficient (Wildman–Crippen LogP) is 3.00. The lowest BCUT2D eigenvalue weighted by atomic mass is 10.1. The molecule has 0 aliphatic carbocycles. The molecule has 3 rings (SSSR count). The molecule has 1 unspecified atom stereocenters. The summed E-state index contributed by atoms with van der Waals surface area (Å²) in [5.41, 5.74) is 1.19. The minimum Gasteiger partial charge on any atom is -0.469 e. The molecule has 0 saturated carbocycles. The van der Waals surface area contributed by atoms with Crippen LogP contribution in [0.1, 0.15) is 24.2 Å². The highest BCUT2D eigenvalue weighted by molar-refractivity contribution is 5.79. The highest BCUT2D eigenvalue weighted by atomic mass is 16.5. The molecule has 1 aliphatic rings. The van der Waals surface area contributed by atoms with Gasteiger partial charge in [0.25, 0.3) is 0 Å². The Hall–Kier alpha value is -2.31. The minimum atomic E-state index is 0.569. The molecule has 6 nitrogen and oxygen atoms in total. The zero-order chi connectivity index (χ0) is 19.3. The summed E-state index contributed by atoms with van der Waals surface area (Å²) in [6.45, 7) is 5.51. The van der Waals surface area contributed by atoms with E-state index in [1.165, 1.54) is 5.56 Å². The number of nitrogens with one attached hydrogen (secondary N) is 2. The van der Waals surface area contributed by atoms with Gasteiger partial charge in [-0.25, -0.2) is 4.99 Å². The molecular formula is C22H31N3O3. The van der Waals surface area contributed by atoms with Crippen molar-refractivity contribution in [2.45, 2.75) is 25.8 Å². The second kappa shape index (κ2) is 12.2. The van der Waals surface area contributed by atoms with Crippen LogP contribution in [0.2, 0.25) is 0 Å². The summed E-state index contributed by atoms with van der Waals surface area (Å²) in [7, 11) is 0. The summed E-state index contributed by atoms with van der Waals surface area (Å²) in [5.74, 6) is 2.36. The van der Waals surface area contributed by atoms with Crippen LogP contribution in [-0.4, -0.2) is 45.5 Å². The van der Waals surface area contributed by atoms with Crippen LogP contribution in [0, 0.1) is 5.92 Å². The molecule has 152 valence electrons. The number of hydrogen-bond donors (Lipinski definition) is 2. The van der Waals surface area contributed by atoms with Crippen molar-refractivity contribution in [1.82, 2.24) is 10.6 Å². The molecule has 1 fully saturated rings. The molecule has 0 amide bonds. The van der Waals surface area contributed by atoms with Gasteiger partial charge in [-0.3, -0.25) is 0 Å². The van der Waals surface area contributed by atoms with Crippen molar-refractivity contribution in [3.63, 3.8) is 0 Å². The van der Waals surface area contributed by atoms with Gasteiger partial charge in [0.2, 0.25) is 0 Å². The summed E-state index contributed by atoms with van der Waals surface area (Å²) in [5, 5.41) is 6.79. The second-order valence-electron chi connectivity index (χ2n) is 6.99. The van der Waals surface area contributed by atoms with Gasteiger partial charge in [-0.05, 0) is 30.5 Å². The van der Waals surface area contributed by atoms with E-state index in [1.807, 2.05) is 30.3 Å². The molecule has 28 heavy (non-hydrogen) atoms. The Balaban J connectivity index is 1.37. The SMILES string of the molecule is c1ccc(CN=C(NCCCOCC2CCOC2)NCCc2ccco2)cc1. The first-order chi connectivity index (χ1) is 13.9. The number of rotatable bonds is 11. The number of aliphatic imine (C=N–C) groups is 1. The van der Waals surface area contributed by atoms with Crippen molar-refractivity contribution in [3.05, 3.63) is 60.1 Å². The molecule has 1 aromatic carbocycles. The molecule has 1 saturated heterocycles. The van der Waals surface area contributed by atoms with Crippen LogP contribution < -0.4 is 10.6 Å². The first-order valence-electron chi connectivity index (χ1n) is 10.1. The molecule has 6 heteroatoms. The van der Waals surface area contributed by atoms with Gasteiger partial charge >= 0.3 is 0 Å². The van der Waals surface area contributed by atoms with Gasteiger partial charge in [-0.2, -0.15) is 0 Å². The maximum absolute atomic E-state index is 5.77. The molecule has 1 aliphatic heterocycles. The number of guanidine groups is 1. The zero-order valence-corrected chi connectivity index (χ0v) is 16.4. The van der Waals surface area contributed by atoms with E-state index < -0.39 is 0 Å². The summed E-state index contributed by atoms with van der Waals surface area (Å²) in [6, 6.07) is 14.2. The Morgan fingerprint density at radius 3 is 2.79 bits per heavy atom. The summed E-state index contributed by atoms with van der Waals surface area (Å²) in [4.78, 5) is 4.70. The normalized spacial score (nSPS) is 17.0. The lowest BCUT2D eigenvalue weighted by Gasteiger charge is -2.13. The van der Waals surface area contributed by atoms with Gasteiger partial charge in [-0.1, -0.05) is 30.3 Å². The van der Waals surface area contributed by atoms with Gasteiger partial charge < -0.3 is 24.5 Å². The van der Waals surface area contributed by atoms with Crippen LogP contribution in [-0.2, 0) is 22.4 Å². The highest BCUT2D eigenvalue weighted by Crippen LogP contribution is 2.12. The maximum atomic E-state index is 5.77. The summed E-state index contributed by atoms with van der Waals surface area (Å²) >= 11 is 0. The number of furan rings is 1. The predicted molar refractivity (Wildman–Crippen MR) is 110 cm³/mol. The number of hydrogen-bond acceptors (Lipinski definition) is 4. The van der Waals surface area contributed by atoms with Gasteiger partial charge in [0.05, 0.1) is 26.0 Å². The van der Waals surface area contributed by atoms with Crippen LogP contribution in [0.3, 0.4) is 0 Å². The standard InChI is InChI=1S/C22H31N3O3/c1-2-6-19(7-3-1)16-25-22(24-12-9-21-8-4-14-28-21)23-11-5-13-26-17-20-10-15-27-18-20/h1-4,6-8,14,20H,5,9-13,15-18H2,(H2,23,24,25). The largest absolute Gasteiger partial charge is 0.469 e. The summed E-state index contributed by atoms with van der Waals surface area (Å²) < 4.78 is 16.5. The Morgan fingerprint density at radius 2 is 2.00 bits per heavy atom. The van der Waals surface area contributed by atoms with Gasteiger partial charge in [0, 0.05) is 38.6 Å². The highest BCUT2D eigenvalue weighted by Gasteiger charge is 2.15. The fraction of sp³-hybridized carbons (Fsp3) is 0.500. The van der Waals surface area contributed by atoms with Gasteiger partial charge in [0.1, 0.15) is 5.76 Å². The third kappa shape index (κ3) is 7.74. The van der Waals surface area contributed by atoms with E-state index in [0.29, 0.717) is 12.5 Å². The zero-order valence-electron chi connectivity index (χ0n) is 16.4. The molecule has 2 aromatic rings. The van der Waals surface area contributed by atoms with E-state index in [4.69, 9.17) is 18.9 Å². The first-order valence-corrected chi connectivity index (χ1v) is 10.1. The van der Waals surface area contributed by atoms with Crippen LogP contribution in [0.25, 0.3) is 0 Å². The second-order valence-corrected chi connectivity index (χ2v) is 6.99. The fourth-order valence-corrected chi connectivity index (χ4v) is 3.03. The molecule has 1 atom stereocenters. The van der Waals surface area contributed by atoms with Crippen molar-refractivity contribution in [2.24, 2.45) is 10.9 Å². The fourth-order valence-electron chi connectivity index (χ4n) is 3.03. The van der Waals surface area contributed by atoms with Gasteiger partial charge in [-0.15, -0.1) is 0 Å². The molecular weight excluding hydrogens is 354 g/mol. The first kappa shape index (κ1) is 20.4. The molecule has 2 heterocycles. The number of benzene rings is 1. The Labute approximate surface area is 167 Å². The number of nitrogens with zero attached hydrogens (tertiary/aromatic N) is 1. The van der Waals surface area contributed by atoms with Crippen LogP contribution >= 0.6 is 0 Å². The minimum absolute atomic E-state index is 0.569. The monoisotopic (exact) mass is 385 g/mol. The van der Waals surface area contributed by atoms with E-state index in [-0.39, 0.29) is 0 Å². The van der Waals surface area contributed by atoms with Crippen LogP contribution in [0.5, 0.6) is 0 Å². The van der Waals surface area contributed by atoms with Crippen molar-refractivity contribution >= 4 is 5.96 Å². The average Bonchev–Trinajstić information content (AvgIpc) is 3.43. The average molecular weight is 386 g/mol. The van der Waals surface area contributed by atoms with Crippen molar-refractivity contribution in [1.29, 1.82) is 0 Å². The quantitative estimate of drug-likeness (QED) is 0.354. The number of ether oxygens (including phenoxy) is 2. The Bertz CT molecular complexity index is 668. The van der Waals surface area contributed by atoms with Gasteiger partial charge in [0.15, 0.2) is 5.96 Å². The Kier molecular flexibility index (Phi) is 8.91. The Morgan fingerprint density at radius 1 is 1.11 bits per heavy atom. The molecule has 2 N–H and O–H groups in total. The van der Waals surface area contributed by atoms with Crippen LogP contribution in [0.4, 0.5) is 0 Å². The molecule has 1 aromatic heterocycles. The smallest absolute Gasteiger partial charge is 0.191 e. The van der Waals surface area contributed by atoms with E-state index in [2.05, 4.69) is 22.8 Å². The maximum Gasteiger partial charge on any atom is 0.191 e. The lowest BCUT2D eigenvalue weighted by Crippen LogP contribution is -2.39. The van der Waals surface area contributed by atoms with E-state index in [1.54, 1.807) is 6.26 Å². The molecule has 0 bridgehead atoms. The van der Waals surface area contributed by atoms with Crippen molar-refractivity contribution in [2.75, 3.05) is 39.5 Å².